The Bertz CT molecular complexity index is 708. The summed E-state index contributed by atoms with van der Waals surface area (Å²) in [6.07, 6.45) is 2.62. The van der Waals surface area contributed by atoms with Crippen molar-refractivity contribution in [2.45, 2.75) is 12.8 Å². The smallest absolute Gasteiger partial charge is 0.124 e. The van der Waals surface area contributed by atoms with Crippen molar-refractivity contribution in [1.29, 1.82) is 0 Å². The molecule has 0 spiro atoms. The molecule has 1 saturated heterocycles. The lowest BCUT2D eigenvalue weighted by atomic mass is 10.2. The first-order valence-corrected chi connectivity index (χ1v) is 7.93. The zero-order valence-electron chi connectivity index (χ0n) is 11.2. The molecule has 20 heavy (non-hydrogen) atoms. The molecule has 3 aromatic rings. The zero-order chi connectivity index (χ0) is 13.4. The molecule has 0 aliphatic carbocycles. The fourth-order valence-corrected chi connectivity index (χ4v) is 3.77. The Kier molecular flexibility index (Phi) is 2.92. The molecule has 0 atom stereocenters. The molecule has 0 unspecified atom stereocenters. The van der Waals surface area contributed by atoms with Crippen LogP contribution in [-0.2, 0) is 0 Å². The van der Waals surface area contributed by atoms with Crippen LogP contribution in [0.2, 0.25) is 0 Å². The van der Waals surface area contributed by atoms with Crippen LogP contribution in [0.5, 0.6) is 0 Å². The molecule has 3 heteroatoms. The first-order chi connectivity index (χ1) is 9.90. The van der Waals surface area contributed by atoms with Crippen molar-refractivity contribution in [1.82, 2.24) is 4.98 Å². The van der Waals surface area contributed by atoms with Gasteiger partial charge in [0.1, 0.15) is 5.01 Å². The van der Waals surface area contributed by atoms with Crippen LogP contribution in [0.3, 0.4) is 0 Å². The summed E-state index contributed by atoms with van der Waals surface area (Å²) in [6.45, 7) is 2.37. The van der Waals surface area contributed by atoms with Crippen molar-refractivity contribution < 1.29 is 0 Å². The van der Waals surface area contributed by atoms with E-state index in [1.54, 1.807) is 11.3 Å². The Morgan fingerprint density at radius 1 is 0.950 bits per heavy atom. The molecule has 1 aromatic heterocycles. The number of para-hydroxylation sites is 1. The Morgan fingerprint density at radius 2 is 1.80 bits per heavy atom. The van der Waals surface area contributed by atoms with E-state index in [0.29, 0.717) is 0 Å². The molecule has 1 aliphatic heterocycles. The number of nitrogens with zero attached hydrogens (tertiary/aromatic N) is 2. The molecule has 4 rings (SSSR count). The number of anilines is 1. The van der Waals surface area contributed by atoms with Gasteiger partial charge in [0, 0.05) is 24.3 Å². The molecule has 0 radical (unpaired) electrons. The summed E-state index contributed by atoms with van der Waals surface area (Å²) in [4.78, 5) is 7.22. The van der Waals surface area contributed by atoms with Crippen molar-refractivity contribution in [2.75, 3.05) is 18.0 Å². The monoisotopic (exact) mass is 280 g/mol. The summed E-state index contributed by atoms with van der Waals surface area (Å²) < 4.78 is 1.26. The quantitative estimate of drug-likeness (QED) is 0.684. The van der Waals surface area contributed by atoms with Gasteiger partial charge in [0.25, 0.3) is 0 Å². The van der Waals surface area contributed by atoms with E-state index in [1.165, 1.54) is 41.9 Å². The van der Waals surface area contributed by atoms with Gasteiger partial charge in [-0.2, -0.15) is 0 Å². The van der Waals surface area contributed by atoms with Gasteiger partial charge in [-0.3, -0.25) is 0 Å². The lowest BCUT2D eigenvalue weighted by Gasteiger charge is -2.17. The number of hydrogen-bond donors (Lipinski definition) is 0. The van der Waals surface area contributed by atoms with Crippen LogP contribution in [0.4, 0.5) is 5.69 Å². The molecule has 100 valence electrons. The first kappa shape index (κ1) is 11.9. The van der Waals surface area contributed by atoms with E-state index in [2.05, 4.69) is 47.4 Å². The van der Waals surface area contributed by atoms with E-state index >= 15 is 0 Å². The largest absolute Gasteiger partial charge is 0.372 e. The second kappa shape index (κ2) is 4.91. The van der Waals surface area contributed by atoms with Crippen LogP contribution in [0.25, 0.3) is 20.8 Å². The highest BCUT2D eigenvalue weighted by Gasteiger charge is 2.13. The lowest BCUT2D eigenvalue weighted by molar-refractivity contribution is 0.949. The lowest BCUT2D eigenvalue weighted by Crippen LogP contribution is -2.17. The third kappa shape index (κ3) is 2.08. The molecule has 2 aromatic carbocycles. The number of aromatic nitrogens is 1. The number of hydrogen-bond acceptors (Lipinski definition) is 3. The van der Waals surface area contributed by atoms with Gasteiger partial charge in [0.15, 0.2) is 0 Å². The number of fused-ring (bicyclic) bond motifs is 1. The number of thiazole rings is 1. The molecule has 0 amide bonds. The van der Waals surface area contributed by atoms with Gasteiger partial charge in [-0.1, -0.05) is 24.3 Å². The highest BCUT2D eigenvalue weighted by Crippen LogP contribution is 2.32. The molecule has 2 heterocycles. The van der Waals surface area contributed by atoms with Crippen molar-refractivity contribution >= 4 is 27.2 Å². The highest BCUT2D eigenvalue weighted by molar-refractivity contribution is 7.21. The minimum Gasteiger partial charge on any atom is -0.372 e. The average Bonchev–Trinajstić information content (AvgIpc) is 3.16. The first-order valence-electron chi connectivity index (χ1n) is 7.11. The molecule has 2 nitrogen and oxygen atoms in total. The summed E-state index contributed by atoms with van der Waals surface area (Å²) >= 11 is 1.77. The molecular formula is C17H16N2S. The Balaban J connectivity index is 1.75. The predicted octanol–water partition coefficient (Wildman–Crippen LogP) is 4.56. The molecule has 1 aliphatic rings. The van der Waals surface area contributed by atoms with E-state index in [-0.39, 0.29) is 0 Å². The van der Waals surface area contributed by atoms with Crippen molar-refractivity contribution in [3.63, 3.8) is 0 Å². The molecule has 0 N–H and O–H groups in total. The van der Waals surface area contributed by atoms with Gasteiger partial charge in [-0.25, -0.2) is 4.98 Å². The zero-order valence-corrected chi connectivity index (χ0v) is 12.1. The number of rotatable bonds is 2. The molecule has 0 bridgehead atoms. The van der Waals surface area contributed by atoms with Gasteiger partial charge < -0.3 is 4.90 Å². The molecule has 1 fully saturated rings. The third-order valence-corrected chi connectivity index (χ3v) is 4.94. The van der Waals surface area contributed by atoms with Crippen molar-refractivity contribution in [3.05, 3.63) is 48.5 Å². The van der Waals surface area contributed by atoms with Gasteiger partial charge in [-0.15, -0.1) is 11.3 Å². The minimum atomic E-state index is 1.10. The van der Waals surface area contributed by atoms with Crippen LogP contribution in [0.1, 0.15) is 12.8 Å². The normalized spacial score (nSPS) is 15.1. The van der Waals surface area contributed by atoms with Crippen molar-refractivity contribution in [3.8, 4) is 10.6 Å². The van der Waals surface area contributed by atoms with Gasteiger partial charge in [0.05, 0.1) is 10.2 Å². The third-order valence-electron chi connectivity index (χ3n) is 3.86. The van der Waals surface area contributed by atoms with E-state index in [9.17, 15) is 0 Å². The van der Waals surface area contributed by atoms with E-state index in [0.717, 1.165) is 10.5 Å². The molecular weight excluding hydrogens is 264 g/mol. The van der Waals surface area contributed by atoms with Crippen LogP contribution in [0, 0.1) is 0 Å². The van der Waals surface area contributed by atoms with E-state index in [4.69, 9.17) is 4.98 Å². The Morgan fingerprint density at radius 3 is 2.65 bits per heavy atom. The summed E-state index contributed by atoms with van der Waals surface area (Å²) in [7, 11) is 0. The van der Waals surface area contributed by atoms with Crippen LogP contribution in [0.15, 0.2) is 48.5 Å². The van der Waals surface area contributed by atoms with E-state index < -0.39 is 0 Å². The fourth-order valence-electron chi connectivity index (χ4n) is 2.81. The maximum atomic E-state index is 4.75. The Labute approximate surface area is 122 Å². The summed E-state index contributed by atoms with van der Waals surface area (Å²) in [6, 6.07) is 17.1. The van der Waals surface area contributed by atoms with Crippen LogP contribution < -0.4 is 4.90 Å². The van der Waals surface area contributed by atoms with Gasteiger partial charge in [0.2, 0.25) is 0 Å². The average molecular weight is 280 g/mol. The SMILES string of the molecule is c1cc(-c2nc3ccccc3s2)cc(N2CCCC2)c1. The Hall–Kier alpha value is -1.87. The van der Waals surface area contributed by atoms with Crippen molar-refractivity contribution in [2.24, 2.45) is 0 Å². The predicted molar refractivity (Wildman–Crippen MR) is 86.5 cm³/mol. The summed E-state index contributed by atoms with van der Waals surface area (Å²) in [5, 5.41) is 1.12. The highest BCUT2D eigenvalue weighted by atomic mass is 32.1. The summed E-state index contributed by atoms with van der Waals surface area (Å²) in [5.74, 6) is 0. The number of benzene rings is 2. The van der Waals surface area contributed by atoms with Gasteiger partial charge in [-0.05, 0) is 37.1 Å². The fraction of sp³-hybridized carbons (Fsp3) is 0.235. The maximum Gasteiger partial charge on any atom is 0.124 e. The second-order valence-electron chi connectivity index (χ2n) is 5.23. The molecule has 0 saturated carbocycles. The standard InChI is InChI=1S/C17H16N2S/c1-2-9-16-15(8-1)18-17(20-16)13-6-5-7-14(12-13)19-10-3-4-11-19/h1-2,5-9,12H,3-4,10-11H2. The second-order valence-corrected chi connectivity index (χ2v) is 6.26. The van der Waals surface area contributed by atoms with E-state index in [1.807, 2.05) is 6.07 Å². The van der Waals surface area contributed by atoms with Crippen LogP contribution in [-0.4, -0.2) is 18.1 Å². The van der Waals surface area contributed by atoms with Crippen LogP contribution >= 0.6 is 11.3 Å². The van der Waals surface area contributed by atoms with Gasteiger partial charge >= 0.3 is 0 Å². The summed E-state index contributed by atoms with van der Waals surface area (Å²) in [5.41, 5.74) is 3.66. The topological polar surface area (TPSA) is 16.1 Å². The minimum absolute atomic E-state index is 1.10. The maximum absolute atomic E-state index is 4.75.